The third-order valence-electron chi connectivity index (χ3n) is 9.70. The Hall–Kier alpha value is -2.53. The first-order valence-electron chi connectivity index (χ1n) is 17.4. The molecule has 0 aromatic heterocycles. The summed E-state index contributed by atoms with van der Waals surface area (Å²) >= 11 is 0. The van der Waals surface area contributed by atoms with E-state index in [1.54, 1.807) is 0 Å². The Morgan fingerprint density at radius 3 is 2.23 bits per heavy atom. The predicted molar refractivity (Wildman–Crippen MR) is 178 cm³/mol. The SMILES string of the molecule is CCCC1(C)CC1.CCCCN(CCCC)C(=O)CN1CC(c2ccc3c(c2)OCO3)C[C@@H]1Cc1ccccc1CCC. The van der Waals surface area contributed by atoms with Gasteiger partial charge in [-0.1, -0.05) is 90.6 Å². The van der Waals surface area contributed by atoms with Crippen LogP contribution in [-0.2, 0) is 17.6 Å². The molecule has 2 aromatic rings. The summed E-state index contributed by atoms with van der Waals surface area (Å²) < 4.78 is 11.2. The maximum atomic E-state index is 13.5. The molecule has 0 radical (unpaired) electrons. The molecule has 5 heteroatoms. The molecular weight excluding hydrogens is 532 g/mol. The zero-order valence-corrected chi connectivity index (χ0v) is 27.8. The zero-order chi connectivity index (χ0) is 30.7. The van der Waals surface area contributed by atoms with Crippen LogP contribution < -0.4 is 9.47 Å². The van der Waals surface area contributed by atoms with Crippen molar-refractivity contribution in [2.45, 2.75) is 124 Å². The largest absolute Gasteiger partial charge is 0.454 e. The third kappa shape index (κ3) is 9.73. The van der Waals surface area contributed by atoms with Crippen LogP contribution in [-0.4, -0.2) is 54.7 Å². The lowest BCUT2D eigenvalue weighted by atomic mass is 9.92. The van der Waals surface area contributed by atoms with Crippen LogP contribution in [0.3, 0.4) is 0 Å². The molecule has 1 unspecified atom stereocenters. The van der Waals surface area contributed by atoms with Gasteiger partial charge in [0.05, 0.1) is 6.54 Å². The van der Waals surface area contributed by atoms with E-state index in [4.69, 9.17) is 9.47 Å². The molecule has 2 fully saturated rings. The molecule has 5 nitrogen and oxygen atoms in total. The van der Waals surface area contributed by atoms with Crippen molar-refractivity contribution in [1.29, 1.82) is 0 Å². The number of carbonyl (C=O) groups is 1. The number of hydrogen-bond acceptors (Lipinski definition) is 4. The highest BCUT2D eigenvalue weighted by Crippen LogP contribution is 2.48. The topological polar surface area (TPSA) is 42.0 Å². The molecule has 2 atom stereocenters. The molecule has 3 aliphatic rings. The van der Waals surface area contributed by atoms with Gasteiger partial charge in [0.25, 0.3) is 0 Å². The summed E-state index contributed by atoms with van der Waals surface area (Å²) in [5.41, 5.74) is 4.97. The first-order chi connectivity index (χ1) is 20.9. The number of aryl methyl sites for hydroxylation is 1. The first kappa shape index (κ1) is 33.4. The lowest BCUT2D eigenvalue weighted by molar-refractivity contribution is -0.132. The van der Waals surface area contributed by atoms with Crippen LogP contribution in [0, 0.1) is 5.41 Å². The molecule has 5 rings (SSSR count). The molecular formula is C38H58N2O3. The molecule has 1 saturated carbocycles. The van der Waals surface area contributed by atoms with E-state index in [0.29, 0.717) is 25.3 Å². The molecule has 0 spiro atoms. The van der Waals surface area contributed by atoms with Crippen molar-refractivity contribution >= 4 is 5.91 Å². The molecule has 2 heterocycles. The fraction of sp³-hybridized carbons (Fsp3) is 0.658. The second-order valence-corrected chi connectivity index (χ2v) is 13.5. The second kappa shape index (κ2) is 16.5. The fourth-order valence-electron chi connectivity index (χ4n) is 6.72. The minimum atomic E-state index is 0.287. The normalized spacial score (nSPS) is 20.0. The summed E-state index contributed by atoms with van der Waals surface area (Å²) in [7, 11) is 0. The number of unbranched alkanes of at least 4 members (excludes halogenated alkanes) is 2. The van der Waals surface area contributed by atoms with Crippen LogP contribution in [0.4, 0.5) is 0 Å². The van der Waals surface area contributed by atoms with Crippen LogP contribution in [0.2, 0.25) is 0 Å². The van der Waals surface area contributed by atoms with Crippen LogP contribution in [0.15, 0.2) is 42.5 Å². The lowest BCUT2D eigenvalue weighted by Gasteiger charge is -2.29. The van der Waals surface area contributed by atoms with Gasteiger partial charge in [-0.25, -0.2) is 0 Å². The Morgan fingerprint density at radius 2 is 1.60 bits per heavy atom. The average molecular weight is 591 g/mol. The quantitative estimate of drug-likeness (QED) is 0.208. The highest BCUT2D eigenvalue weighted by Gasteiger charge is 2.36. The van der Waals surface area contributed by atoms with Gasteiger partial charge >= 0.3 is 0 Å². The number of fused-ring (bicyclic) bond motifs is 1. The van der Waals surface area contributed by atoms with Gasteiger partial charge in [-0.2, -0.15) is 0 Å². The molecule has 0 bridgehead atoms. The number of carbonyl (C=O) groups excluding carboxylic acids is 1. The van der Waals surface area contributed by atoms with Gasteiger partial charge in [0, 0.05) is 25.7 Å². The molecule has 1 aliphatic carbocycles. The lowest BCUT2D eigenvalue weighted by Crippen LogP contribution is -2.43. The van der Waals surface area contributed by atoms with Gasteiger partial charge < -0.3 is 14.4 Å². The third-order valence-corrected chi connectivity index (χ3v) is 9.70. The Morgan fingerprint density at radius 1 is 0.907 bits per heavy atom. The average Bonchev–Trinajstić information content (AvgIpc) is 3.37. The van der Waals surface area contributed by atoms with Crippen molar-refractivity contribution in [3.05, 3.63) is 59.2 Å². The van der Waals surface area contributed by atoms with Gasteiger partial charge in [0.2, 0.25) is 12.7 Å². The van der Waals surface area contributed by atoms with Crippen molar-refractivity contribution in [2.24, 2.45) is 5.41 Å². The summed E-state index contributed by atoms with van der Waals surface area (Å²) in [4.78, 5) is 18.1. The molecule has 1 amide bonds. The molecule has 1 saturated heterocycles. The summed E-state index contributed by atoms with van der Waals surface area (Å²) in [5.74, 6) is 2.35. The van der Waals surface area contributed by atoms with Crippen molar-refractivity contribution in [3.63, 3.8) is 0 Å². The molecule has 43 heavy (non-hydrogen) atoms. The number of benzene rings is 2. The van der Waals surface area contributed by atoms with Gasteiger partial charge in [-0.05, 0) is 91.5 Å². The van der Waals surface area contributed by atoms with Crippen molar-refractivity contribution < 1.29 is 14.3 Å². The number of rotatable bonds is 15. The van der Waals surface area contributed by atoms with E-state index in [0.717, 1.165) is 87.9 Å². The standard InChI is InChI=1S/C31H44N2O3.C7H14/c1-4-7-16-32(17-8-5-2)31(34)22-33-21-27(26-14-15-29-30(20-26)36-23-35-29)19-28(33)18-25-13-10-9-12-24(25)11-6-3;1-3-4-7(2)5-6-7/h9-10,12-15,20,27-28H,4-8,11,16-19,21-23H2,1-3H3;3-6H2,1-2H3/t27?,28-;/m0./s1. The summed E-state index contributed by atoms with van der Waals surface area (Å²) in [6.07, 6.45) is 14.5. The van der Waals surface area contributed by atoms with Crippen molar-refractivity contribution in [2.75, 3.05) is 33.0 Å². The molecule has 238 valence electrons. The van der Waals surface area contributed by atoms with E-state index in [2.05, 4.69) is 80.8 Å². The van der Waals surface area contributed by atoms with Gasteiger partial charge in [0.15, 0.2) is 11.5 Å². The van der Waals surface area contributed by atoms with Crippen molar-refractivity contribution in [1.82, 2.24) is 9.80 Å². The van der Waals surface area contributed by atoms with Gasteiger partial charge in [-0.15, -0.1) is 0 Å². The Labute approximate surface area is 262 Å². The number of hydrogen-bond donors (Lipinski definition) is 0. The van der Waals surface area contributed by atoms with Crippen LogP contribution >= 0.6 is 0 Å². The minimum Gasteiger partial charge on any atom is -0.454 e. The van der Waals surface area contributed by atoms with E-state index in [9.17, 15) is 4.79 Å². The second-order valence-electron chi connectivity index (χ2n) is 13.5. The van der Waals surface area contributed by atoms with E-state index in [1.165, 1.54) is 42.4 Å². The molecule has 2 aliphatic heterocycles. The number of nitrogens with zero attached hydrogens (tertiary/aromatic N) is 2. The molecule has 2 aromatic carbocycles. The highest BCUT2D eigenvalue weighted by atomic mass is 16.7. The molecule has 0 N–H and O–H groups in total. The van der Waals surface area contributed by atoms with Gasteiger partial charge in [0.1, 0.15) is 0 Å². The predicted octanol–water partition coefficient (Wildman–Crippen LogP) is 8.78. The number of likely N-dealkylation sites (tertiary alicyclic amines) is 1. The number of amides is 1. The fourth-order valence-corrected chi connectivity index (χ4v) is 6.72. The first-order valence-corrected chi connectivity index (χ1v) is 17.4. The Bertz CT molecular complexity index is 1140. The monoisotopic (exact) mass is 590 g/mol. The van der Waals surface area contributed by atoms with Crippen LogP contribution in [0.1, 0.15) is 121 Å². The highest BCUT2D eigenvalue weighted by molar-refractivity contribution is 5.78. The minimum absolute atomic E-state index is 0.287. The summed E-state index contributed by atoms with van der Waals surface area (Å²) in [5, 5.41) is 0. The maximum absolute atomic E-state index is 13.5. The van der Waals surface area contributed by atoms with Crippen molar-refractivity contribution in [3.8, 4) is 11.5 Å². The van der Waals surface area contributed by atoms with Gasteiger partial charge in [-0.3, -0.25) is 9.69 Å². The van der Waals surface area contributed by atoms with Crippen LogP contribution in [0.25, 0.3) is 0 Å². The van der Waals surface area contributed by atoms with E-state index in [1.807, 2.05) is 6.07 Å². The van der Waals surface area contributed by atoms with E-state index >= 15 is 0 Å². The number of ether oxygens (including phenoxy) is 2. The zero-order valence-electron chi connectivity index (χ0n) is 27.8. The summed E-state index contributed by atoms with van der Waals surface area (Å²) in [6.45, 7) is 14.7. The summed E-state index contributed by atoms with van der Waals surface area (Å²) in [6, 6.07) is 15.6. The van der Waals surface area contributed by atoms with E-state index < -0.39 is 0 Å². The van der Waals surface area contributed by atoms with Crippen LogP contribution in [0.5, 0.6) is 11.5 Å². The van der Waals surface area contributed by atoms with E-state index in [-0.39, 0.29) is 5.91 Å². The maximum Gasteiger partial charge on any atom is 0.236 e. The Kier molecular flexibility index (Phi) is 12.8. The smallest absolute Gasteiger partial charge is 0.236 e. The Balaban J connectivity index is 0.000000530.